The fraction of sp³-hybridized carbons (Fsp3) is 0.136. The zero-order valence-electron chi connectivity index (χ0n) is 14.6. The number of rotatable bonds is 6. The Balaban J connectivity index is 1.62. The first-order valence-corrected chi connectivity index (χ1v) is 8.88. The fourth-order valence-corrected chi connectivity index (χ4v) is 3.68. The number of Topliss-reactive ketones (excluding diaryl/α,β-unsaturated/α-hetero) is 1. The van der Waals surface area contributed by atoms with Gasteiger partial charge in [-0.1, -0.05) is 60.7 Å². The summed E-state index contributed by atoms with van der Waals surface area (Å²) in [5, 5.41) is 10.9. The highest BCUT2D eigenvalue weighted by Gasteiger charge is 2.59. The molecular formula is C22H19N2O3+. The van der Waals surface area contributed by atoms with Crippen LogP contribution in [0.15, 0.2) is 84.9 Å². The van der Waals surface area contributed by atoms with Crippen LogP contribution in [0.2, 0.25) is 0 Å². The van der Waals surface area contributed by atoms with E-state index in [1.165, 1.54) is 22.6 Å². The molecule has 4 rings (SSSR count). The first kappa shape index (κ1) is 17.1. The zero-order valence-corrected chi connectivity index (χ0v) is 14.6. The molecule has 1 heterocycles. The predicted molar refractivity (Wildman–Crippen MR) is 102 cm³/mol. The molecule has 1 N–H and O–H groups in total. The number of hydrogen-bond acceptors (Lipinski definition) is 3. The smallest absolute Gasteiger partial charge is 0.269 e. The topological polar surface area (TPSA) is 64.6 Å². The van der Waals surface area contributed by atoms with Crippen molar-refractivity contribution in [3.8, 4) is 0 Å². The minimum Gasteiger partial charge on any atom is -0.305 e. The van der Waals surface area contributed by atoms with Gasteiger partial charge in [-0.05, 0) is 12.1 Å². The average Bonchev–Trinajstić information content (AvgIpc) is 3.42. The normalized spacial score (nSPS) is 20.8. The second-order valence-corrected chi connectivity index (χ2v) is 6.77. The molecule has 1 unspecified atom stereocenters. The van der Waals surface area contributed by atoms with E-state index in [0.717, 1.165) is 12.1 Å². The van der Waals surface area contributed by atoms with E-state index in [1.54, 1.807) is 12.1 Å². The Labute approximate surface area is 157 Å². The molecule has 5 nitrogen and oxygen atoms in total. The maximum absolute atomic E-state index is 13.0. The SMILES string of the molecule is O=C(c1ccccc1)[C@H]1[C@@H](c2ccc([N+](=O)[O-])cc2)[NH+]1Cc1ccccc1. The molecular weight excluding hydrogens is 340 g/mol. The highest BCUT2D eigenvalue weighted by molar-refractivity contribution is 6.00. The average molecular weight is 359 g/mol. The van der Waals surface area contributed by atoms with Crippen molar-refractivity contribution in [1.29, 1.82) is 0 Å². The standard InChI is InChI=1S/C22H18N2O3/c25-22(18-9-5-2-6-10-18)21-20(17-11-13-19(14-12-17)24(26)27)23(21)15-16-7-3-1-4-8-16/h1-14,20-21H,15H2/p+1/t20-,21-,23?/m1/s1. The molecule has 0 radical (unpaired) electrons. The van der Waals surface area contributed by atoms with Crippen molar-refractivity contribution < 1.29 is 14.6 Å². The van der Waals surface area contributed by atoms with Gasteiger partial charge in [-0.3, -0.25) is 14.9 Å². The van der Waals surface area contributed by atoms with Crippen LogP contribution in [0.25, 0.3) is 0 Å². The summed E-state index contributed by atoms with van der Waals surface area (Å²) in [7, 11) is 0. The van der Waals surface area contributed by atoms with Crippen LogP contribution in [0.5, 0.6) is 0 Å². The van der Waals surface area contributed by atoms with Gasteiger partial charge in [-0.2, -0.15) is 0 Å². The van der Waals surface area contributed by atoms with Crippen molar-refractivity contribution in [3.05, 3.63) is 112 Å². The lowest BCUT2D eigenvalue weighted by atomic mass is 10.0. The van der Waals surface area contributed by atoms with Crippen molar-refractivity contribution in [2.75, 3.05) is 0 Å². The largest absolute Gasteiger partial charge is 0.305 e. The van der Waals surface area contributed by atoms with E-state index < -0.39 is 4.92 Å². The summed E-state index contributed by atoms with van der Waals surface area (Å²) in [4.78, 5) is 24.7. The maximum Gasteiger partial charge on any atom is 0.269 e. The van der Waals surface area contributed by atoms with Crippen LogP contribution in [-0.2, 0) is 6.54 Å². The van der Waals surface area contributed by atoms with E-state index in [1.807, 2.05) is 48.5 Å². The number of nitrogens with zero attached hydrogens (tertiary/aromatic N) is 1. The summed E-state index contributed by atoms with van der Waals surface area (Å²) in [5.74, 6) is 0.116. The Morgan fingerprint density at radius 1 is 0.889 bits per heavy atom. The summed E-state index contributed by atoms with van der Waals surface area (Å²) >= 11 is 0. The number of quaternary nitrogens is 1. The number of carbonyl (C=O) groups excluding carboxylic acids is 1. The number of hydrogen-bond donors (Lipinski definition) is 1. The van der Waals surface area contributed by atoms with Gasteiger partial charge in [0.2, 0.25) is 11.8 Å². The van der Waals surface area contributed by atoms with Gasteiger partial charge >= 0.3 is 0 Å². The van der Waals surface area contributed by atoms with Crippen LogP contribution < -0.4 is 4.90 Å². The van der Waals surface area contributed by atoms with E-state index in [0.29, 0.717) is 5.56 Å². The maximum atomic E-state index is 13.0. The van der Waals surface area contributed by atoms with Gasteiger partial charge in [0.1, 0.15) is 6.54 Å². The van der Waals surface area contributed by atoms with Crippen molar-refractivity contribution in [2.45, 2.75) is 18.6 Å². The van der Waals surface area contributed by atoms with E-state index in [9.17, 15) is 14.9 Å². The van der Waals surface area contributed by atoms with Crippen molar-refractivity contribution >= 4 is 11.5 Å². The van der Waals surface area contributed by atoms with E-state index in [4.69, 9.17) is 0 Å². The third-order valence-corrected chi connectivity index (χ3v) is 5.08. The molecule has 0 bridgehead atoms. The van der Waals surface area contributed by atoms with Crippen molar-refractivity contribution in [1.82, 2.24) is 0 Å². The fourth-order valence-electron chi connectivity index (χ4n) is 3.68. The monoisotopic (exact) mass is 359 g/mol. The molecule has 0 spiro atoms. The second kappa shape index (κ2) is 7.13. The lowest BCUT2D eigenvalue weighted by molar-refractivity contribution is -0.802. The zero-order chi connectivity index (χ0) is 18.8. The predicted octanol–water partition coefficient (Wildman–Crippen LogP) is 2.99. The number of benzene rings is 3. The summed E-state index contributed by atoms with van der Waals surface area (Å²) in [5.41, 5.74) is 2.90. The number of nitrogens with one attached hydrogen (secondary N) is 1. The number of nitro groups is 1. The van der Waals surface area contributed by atoms with Gasteiger partial charge in [0, 0.05) is 28.8 Å². The van der Waals surface area contributed by atoms with Crippen LogP contribution in [0, 0.1) is 10.1 Å². The first-order valence-electron chi connectivity index (χ1n) is 8.88. The van der Waals surface area contributed by atoms with E-state index in [-0.39, 0.29) is 23.6 Å². The van der Waals surface area contributed by atoms with Gasteiger partial charge in [0.15, 0.2) is 6.04 Å². The number of non-ortho nitro benzene ring substituents is 1. The molecule has 3 aromatic carbocycles. The summed E-state index contributed by atoms with van der Waals surface area (Å²) in [6.07, 6.45) is 0. The molecule has 134 valence electrons. The molecule has 1 fully saturated rings. The Hall–Kier alpha value is -3.31. The Bertz CT molecular complexity index is 956. The van der Waals surface area contributed by atoms with Gasteiger partial charge in [0.25, 0.3) is 5.69 Å². The van der Waals surface area contributed by atoms with Crippen LogP contribution in [0.4, 0.5) is 5.69 Å². The molecule has 1 aliphatic rings. The Morgan fingerprint density at radius 3 is 2.07 bits per heavy atom. The highest BCUT2D eigenvalue weighted by Crippen LogP contribution is 2.28. The molecule has 1 saturated heterocycles. The van der Waals surface area contributed by atoms with Gasteiger partial charge in [-0.25, -0.2) is 0 Å². The first-order chi connectivity index (χ1) is 13.1. The molecule has 0 saturated carbocycles. The summed E-state index contributed by atoms with van der Waals surface area (Å²) in [6.45, 7) is 0.742. The van der Waals surface area contributed by atoms with Gasteiger partial charge in [-0.15, -0.1) is 0 Å². The summed E-state index contributed by atoms with van der Waals surface area (Å²) < 4.78 is 0. The second-order valence-electron chi connectivity index (χ2n) is 6.77. The Kier molecular flexibility index (Phi) is 4.52. The van der Waals surface area contributed by atoms with Crippen LogP contribution in [0.1, 0.15) is 27.5 Å². The number of nitro benzene ring substituents is 1. The van der Waals surface area contributed by atoms with Crippen molar-refractivity contribution in [3.63, 3.8) is 0 Å². The van der Waals surface area contributed by atoms with Crippen LogP contribution >= 0.6 is 0 Å². The molecule has 0 amide bonds. The van der Waals surface area contributed by atoms with Gasteiger partial charge in [0.05, 0.1) is 4.92 Å². The molecule has 3 aromatic rings. The van der Waals surface area contributed by atoms with Gasteiger partial charge < -0.3 is 4.90 Å². The quantitative estimate of drug-likeness (QED) is 0.318. The lowest BCUT2D eigenvalue weighted by Gasteiger charge is -2.02. The highest BCUT2D eigenvalue weighted by atomic mass is 16.6. The number of carbonyl (C=O) groups is 1. The Morgan fingerprint density at radius 2 is 1.48 bits per heavy atom. The van der Waals surface area contributed by atoms with Crippen LogP contribution in [0.3, 0.4) is 0 Å². The molecule has 0 aromatic heterocycles. The summed E-state index contributed by atoms with van der Waals surface area (Å²) in [6, 6.07) is 25.8. The number of ketones is 1. The van der Waals surface area contributed by atoms with Crippen molar-refractivity contribution in [2.24, 2.45) is 0 Å². The third-order valence-electron chi connectivity index (χ3n) is 5.08. The van der Waals surface area contributed by atoms with E-state index >= 15 is 0 Å². The minimum absolute atomic E-state index is 0.0127. The third kappa shape index (κ3) is 3.50. The molecule has 1 aliphatic heterocycles. The molecule has 27 heavy (non-hydrogen) atoms. The van der Waals surface area contributed by atoms with E-state index in [2.05, 4.69) is 12.1 Å². The molecule has 3 atom stereocenters. The van der Waals surface area contributed by atoms with Crippen LogP contribution in [-0.4, -0.2) is 16.7 Å². The molecule has 5 heteroatoms. The molecule has 0 aliphatic carbocycles. The minimum atomic E-state index is -0.405. The lowest BCUT2D eigenvalue weighted by Crippen LogP contribution is -2.93.